The lowest BCUT2D eigenvalue weighted by Gasteiger charge is -2.27. The number of rotatable bonds is 2. The second kappa shape index (κ2) is 4.45. The minimum atomic E-state index is 0.107. The third-order valence-electron chi connectivity index (χ3n) is 2.61. The topological polar surface area (TPSA) is 41.1 Å². The van der Waals surface area contributed by atoms with Gasteiger partial charge in [-0.3, -0.25) is 4.79 Å². The highest BCUT2D eigenvalue weighted by atomic mass is 16.1. The number of hydrogen-bond acceptors (Lipinski definition) is 2. The van der Waals surface area contributed by atoms with Gasteiger partial charge in [-0.15, -0.1) is 0 Å². The molecule has 0 spiro atoms. The first-order chi connectivity index (χ1) is 5.75. The van der Waals surface area contributed by atoms with Crippen molar-refractivity contribution < 1.29 is 4.79 Å². The van der Waals surface area contributed by atoms with Crippen LogP contribution in [0.3, 0.4) is 0 Å². The standard InChI is InChI=1S/C9H18N2O/c1-7(9(12)10-2)8-5-3-4-6-11-8/h7-8,11H,3-6H2,1-2H3,(H,10,12). The van der Waals surface area contributed by atoms with E-state index in [4.69, 9.17) is 0 Å². The Bertz CT molecular complexity index is 153. The summed E-state index contributed by atoms with van der Waals surface area (Å²) in [5, 5.41) is 6.06. The molecule has 0 bridgehead atoms. The summed E-state index contributed by atoms with van der Waals surface area (Å²) >= 11 is 0. The number of nitrogens with one attached hydrogen (secondary N) is 2. The molecular formula is C9H18N2O. The van der Waals surface area contributed by atoms with Gasteiger partial charge in [-0.2, -0.15) is 0 Å². The maximum absolute atomic E-state index is 11.3. The second-order valence-electron chi connectivity index (χ2n) is 3.46. The van der Waals surface area contributed by atoms with Crippen LogP contribution in [0.25, 0.3) is 0 Å². The molecule has 0 aromatic carbocycles. The van der Waals surface area contributed by atoms with Crippen molar-refractivity contribution >= 4 is 5.91 Å². The quantitative estimate of drug-likeness (QED) is 0.634. The lowest BCUT2D eigenvalue weighted by molar-refractivity contribution is -0.125. The van der Waals surface area contributed by atoms with E-state index in [9.17, 15) is 4.79 Å². The van der Waals surface area contributed by atoms with Crippen LogP contribution in [-0.2, 0) is 4.79 Å². The monoisotopic (exact) mass is 170 g/mol. The van der Waals surface area contributed by atoms with Crippen LogP contribution in [0.1, 0.15) is 26.2 Å². The Morgan fingerprint density at radius 3 is 2.83 bits per heavy atom. The largest absolute Gasteiger partial charge is 0.359 e. The van der Waals surface area contributed by atoms with E-state index in [1.807, 2.05) is 6.92 Å². The summed E-state index contributed by atoms with van der Waals surface area (Å²) in [6.07, 6.45) is 3.63. The molecule has 70 valence electrons. The molecule has 1 saturated heterocycles. The molecule has 0 aliphatic carbocycles. The van der Waals surface area contributed by atoms with E-state index < -0.39 is 0 Å². The fourth-order valence-electron chi connectivity index (χ4n) is 1.72. The van der Waals surface area contributed by atoms with Crippen molar-refractivity contribution in [2.45, 2.75) is 32.2 Å². The predicted molar refractivity (Wildman–Crippen MR) is 48.9 cm³/mol. The SMILES string of the molecule is CNC(=O)C(C)C1CCCCN1. The summed E-state index contributed by atoms with van der Waals surface area (Å²) in [6.45, 7) is 3.05. The van der Waals surface area contributed by atoms with Gasteiger partial charge in [-0.1, -0.05) is 13.3 Å². The maximum Gasteiger partial charge on any atom is 0.224 e. The van der Waals surface area contributed by atoms with Crippen LogP contribution in [-0.4, -0.2) is 25.5 Å². The average Bonchev–Trinajstić information content (AvgIpc) is 2.17. The van der Waals surface area contributed by atoms with Crippen LogP contribution in [0.15, 0.2) is 0 Å². The summed E-state index contributed by atoms with van der Waals surface area (Å²) in [7, 11) is 1.70. The normalized spacial score (nSPS) is 26.3. The summed E-state index contributed by atoms with van der Waals surface area (Å²) in [5.74, 6) is 0.254. The number of hydrogen-bond donors (Lipinski definition) is 2. The molecule has 1 aliphatic rings. The molecule has 1 fully saturated rings. The van der Waals surface area contributed by atoms with Gasteiger partial charge in [0.25, 0.3) is 0 Å². The summed E-state index contributed by atoms with van der Waals surface area (Å²) < 4.78 is 0. The zero-order valence-corrected chi connectivity index (χ0v) is 7.89. The molecule has 3 heteroatoms. The third-order valence-corrected chi connectivity index (χ3v) is 2.61. The first-order valence-electron chi connectivity index (χ1n) is 4.70. The van der Waals surface area contributed by atoms with Gasteiger partial charge >= 0.3 is 0 Å². The number of carbonyl (C=O) groups excluding carboxylic acids is 1. The Morgan fingerprint density at radius 2 is 2.33 bits per heavy atom. The van der Waals surface area contributed by atoms with Crippen molar-refractivity contribution in [3.8, 4) is 0 Å². The van der Waals surface area contributed by atoms with Crippen LogP contribution < -0.4 is 10.6 Å². The zero-order chi connectivity index (χ0) is 8.97. The first-order valence-corrected chi connectivity index (χ1v) is 4.70. The molecule has 2 unspecified atom stereocenters. The van der Waals surface area contributed by atoms with Gasteiger partial charge in [-0.25, -0.2) is 0 Å². The van der Waals surface area contributed by atoms with E-state index in [-0.39, 0.29) is 11.8 Å². The molecule has 2 N–H and O–H groups in total. The van der Waals surface area contributed by atoms with Crippen molar-refractivity contribution in [3.05, 3.63) is 0 Å². The third kappa shape index (κ3) is 2.21. The molecule has 3 nitrogen and oxygen atoms in total. The molecular weight excluding hydrogens is 152 g/mol. The van der Waals surface area contributed by atoms with Gasteiger partial charge < -0.3 is 10.6 Å². The van der Waals surface area contributed by atoms with E-state index in [0.717, 1.165) is 13.0 Å². The minimum absolute atomic E-state index is 0.107. The smallest absolute Gasteiger partial charge is 0.224 e. The molecule has 1 heterocycles. The van der Waals surface area contributed by atoms with E-state index in [1.165, 1.54) is 12.8 Å². The zero-order valence-electron chi connectivity index (χ0n) is 7.89. The van der Waals surface area contributed by atoms with Crippen molar-refractivity contribution in [3.63, 3.8) is 0 Å². The molecule has 0 aromatic rings. The van der Waals surface area contributed by atoms with E-state index >= 15 is 0 Å². The van der Waals surface area contributed by atoms with Crippen LogP contribution in [0, 0.1) is 5.92 Å². The van der Waals surface area contributed by atoms with Crippen LogP contribution in [0.4, 0.5) is 0 Å². The molecule has 0 saturated carbocycles. The lowest BCUT2D eigenvalue weighted by atomic mass is 9.93. The van der Waals surface area contributed by atoms with Crippen LogP contribution >= 0.6 is 0 Å². The van der Waals surface area contributed by atoms with Gasteiger partial charge in [0.2, 0.25) is 5.91 Å². The summed E-state index contributed by atoms with van der Waals surface area (Å²) in [5.41, 5.74) is 0. The number of amides is 1. The Hall–Kier alpha value is -0.570. The lowest BCUT2D eigenvalue weighted by Crippen LogP contribution is -2.44. The molecule has 0 aromatic heterocycles. The van der Waals surface area contributed by atoms with Crippen molar-refractivity contribution in [2.24, 2.45) is 5.92 Å². The van der Waals surface area contributed by atoms with Gasteiger partial charge in [0.1, 0.15) is 0 Å². The Kier molecular flexibility index (Phi) is 3.53. The first kappa shape index (κ1) is 9.52. The molecule has 1 rings (SSSR count). The van der Waals surface area contributed by atoms with Gasteiger partial charge in [0.15, 0.2) is 0 Å². The average molecular weight is 170 g/mol. The highest BCUT2D eigenvalue weighted by Gasteiger charge is 2.23. The number of piperidine rings is 1. The van der Waals surface area contributed by atoms with Crippen molar-refractivity contribution in [2.75, 3.05) is 13.6 Å². The van der Waals surface area contributed by atoms with Crippen LogP contribution in [0.2, 0.25) is 0 Å². The fourth-order valence-corrected chi connectivity index (χ4v) is 1.72. The summed E-state index contributed by atoms with van der Waals surface area (Å²) in [6, 6.07) is 0.388. The van der Waals surface area contributed by atoms with E-state index in [2.05, 4.69) is 10.6 Å². The van der Waals surface area contributed by atoms with Gasteiger partial charge in [0, 0.05) is 13.1 Å². The van der Waals surface area contributed by atoms with Gasteiger partial charge in [0.05, 0.1) is 5.92 Å². The Balaban J connectivity index is 2.39. The van der Waals surface area contributed by atoms with Gasteiger partial charge in [-0.05, 0) is 19.4 Å². The molecule has 12 heavy (non-hydrogen) atoms. The second-order valence-corrected chi connectivity index (χ2v) is 3.46. The van der Waals surface area contributed by atoms with Crippen molar-refractivity contribution in [1.29, 1.82) is 0 Å². The maximum atomic E-state index is 11.3. The number of carbonyl (C=O) groups is 1. The molecule has 1 aliphatic heterocycles. The fraction of sp³-hybridized carbons (Fsp3) is 0.889. The highest BCUT2D eigenvalue weighted by Crippen LogP contribution is 2.14. The molecule has 1 amide bonds. The highest BCUT2D eigenvalue weighted by molar-refractivity contribution is 5.78. The summed E-state index contributed by atoms with van der Waals surface area (Å²) in [4.78, 5) is 11.3. The van der Waals surface area contributed by atoms with E-state index in [1.54, 1.807) is 7.05 Å². The Morgan fingerprint density at radius 1 is 1.58 bits per heavy atom. The van der Waals surface area contributed by atoms with Crippen LogP contribution in [0.5, 0.6) is 0 Å². The van der Waals surface area contributed by atoms with E-state index in [0.29, 0.717) is 6.04 Å². The van der Waals surface area contributed by atoms with Crippen molar-refractivity contribution in [1.82, 2.24) is 10.6 Å². The predicted octanol–water partition coefficient (Wildman–Crippen LogP) is 0.511. The molecule has 2 atom stereocenters. The minimum Gasteiger partial charge on any atom is -0.359 e. The Labute approximate surface area is 73.9 Å². The molecule has 0 radical (unpaired) electrons.